The summed E-state index contributed by atoms with van der Waals surface area (Å²) in [7, 11) is -3.86. The molecule has 3 rings (SSSR count). The van der Waals surface area contributed by atoms with Crippen LogP contribution in [0.25, 0.3) is 0 Å². The van der Waals surface area contributed by atoms with Gasteiger partial charge in [0.05, 0.1) is 4.90 Å². The highest BCUT2D eigenvalue weighted by atomic mass is 32.2. The molecular weight excluding hydrogens is 364 g/mol. The van der Waals surface area contributed by atoms with Crippen LogP contribution >= 0.6 is 0 Å². The van der Waals surface area contributed by atoms with Crippen LogP contribution in [0.3, 0.4) is 0 Å². The van der Waals surface area contributed by atoms with Crippen LogP contribution in [-0.2, 0) is 10.0 Å². The van der Waals surface area contributed by atoms with Gasteiger partial charge in [0.15, 0.2) is 0 Å². The van der Waals surface area contributed by atoms with Crippen molar-refractivity contribution in [3.05, 3.63) is 59.7 Å². The summed E-state index contributed by atoms with van der Waals surface area (Å²) in [5.74, 6) is -2.64. The smallest absolute Gasteiger partial charge is 0.262 e. The Morgan fingerprint density at radius 2 is 1.77 bits per heavy atom. The second-order valence-corrected chi connectivity index (χ2v) is 7.30. The molecule has 0 spiro atoms. The van der Waals surface area contributed by atoms with Crippen molar-refractivity contribution in [1.82, 2.24) is 4.72 Å². The van der Waals surface area contributed by atoms with Crippen LogP contribution in [0.5, 0.6) is 0 Å². The lowest BCUT2D eigenvalue weighted by molar-refractivity contribution is 0.101. The van der Waals surface area contributed by atoms with Gasteiger partial charge in [0.2, 0.25) is 0 Å². The molecule has 6 nitrogen and oxygen atoms in total. The summed E-state index contributed by atoms with van der Waals surface area (Å²) in [4.78, 5) is 16.1. The fraction of sp³-hybridized carbons (Fsp3) is 0.176. The number of halogens is 2. The maximum Gasteiger partial charge on any atom is 0.262 e. The van der Waals surface area contributed by atoms with Gasteiger partial charge in [0.1, 0.15) is 23.0 Å². The van der Waals surface area contributed by atoms with Gasteiger partial charge >= 0.3 is 0 Å². The number of amides is 1. The first-order valence-corrected chi connectivity index (χ1v) is 9.27. The van der Waals surface area contributed by atoms with Gasteiger partial charge in [-0.1, -0.05) is 12.1 Å². The molecule has 26 heavy (non-hydrogen) atoms. The van der Waals surface area contributed by atoms with Gasteiger partial charge < -0.3 is 5.32 Å². The molecule has 0 atom stereocenters. The predicted octanol–water partition coefficient (Wildman–Crippen LogP) is 2.69. The Bertz CT molecular complexity index is 970. The molecule has 1 heterocycles. The molecule has 0 saturated heterocycles. The van der Waals surface area contributed by atoms with Crippen LogP contribution in [-0.4, -0.2) is 26.7 Å². The van der Waals surface area contributed by atoms with Gasteiger partial charge in [-0.25, -0.2) is 17.2 Å². The average Bonchev–Trinajstić information content (AvgIpc) is 3.07. The molecule has 9 heteroatoms. The minimum Gasteiger partial charge on any atom is -0.322 e. The number of benzene rings is 2. The number of anilines is 1. The molecule has 0 fully saturated rings. The fourth-order valence-electron chi connectivity index (χ4n) is 2.49. The van der Waals surface area contributed by atoms with E-state index in [-0.39, 0.29) is 10.6 Å². The Morgan fingerprint density at radius 1 is 1.08 bits per heavy atom. The largest absolute Gasteiger partial charge is 0.322 e. The molecule has 0 radical (unpaired) electrons. The van der Waals surface area contributed by atoms with Crippen molar-refractivity contribution in [2.75, 3.05) is 11.9 Å². The molecule has 2 N–H and O–H groups in total. The molecule has 136 valence electrons. The van der Waals surface area contributed by atoms with Crippen molar-refractivity contribution in [2.45, 2.75) is 17.7 Å². The summed E-state index contributed by atoms with van der Waals surface area (Å²) >= 11 is 0. The number of sulfonamides is 1. The van der Waals surface area contributed by atoms with E-state index in [0.29, 0.717) is 18.8 Å². The lowest BCUT2D eigenvalue weighted by atomic mass is 10.2. The van der Waals surface area contributed by atoms with Crippen LogP contribution in [0.4, 0.5) is 14.5 Å². The van der Waals surface area contributed by atoms with Crippen LogP contribution in [0.2, 0.25) is 0 Å². The van der Waals surface area contributed by atoms with E-state index in [1.54, 1.807) is 0 Å². The summed E-state index contributed by atoms with van der Waals surface area (Å²) in [6, 6.07) is 8.45. The average molecular weight is 379 g/mol. The number of hydrogen-bond acceptors (Lipinski definition) is 4. The van der Waals surface area contributed by atoms with Crippen LogP contribution in [0, 0.1) is 11.6 Å². The molecule has 2 aromatic rings. The molecule has 1 amide bonds. The first kappa shape index (κ1) is 18.0. The van der Waals surface area contributed by atoms with E-state index in [1.165, 1.54) is 24.3 Å². The van der Waals surface area contributed by atoms with E-state index in [4.69, 9.17) is 0 Å². The zero-order valence-electron chi connectivity index (χ0n) is 13.5. The SMILES string of the molecule is O=C(Nc1cccc(S(=O)(=O)NC2=NCCC2)c1)c1c(F)cccc1F. The fourth-order valence-corrected chi connectivity index (χ4v) is 3.62. The number of amidine groups is 1. The van der Waals surface area contributed by atoms with Crippen LogP contribution in [0.1, 0.15) is 23.2 Å². The third-order valence-corrected chi connectivity index (χ3v) is 5.10. The summed E-state index contributed by atoms with van der Waals surface area (Å²) < 4.78 is 54.5. The normalized spacial score (nSPS) is 14.0. The number of nitrogens with zero attached hydrogens (tertiary/aromatic N) is 1. The van der Waals surface area contributed by atoms with Crippen molar-refractivity contribution in [3.8, 4) is 0 Å². The molecule has 0 bridgehead atoms. The summed E-state index contributed by atoms with van der Waals surface area (Å²) in [5, 5.41) is 2.30. The molecule has 1 aliphatic heterocycles. The van der Waals surface area contributed by atoms with Crippen molar-refractivity contribution < 1.29 is 22.0 Å². The topological polar surface area (TPSA) is 87.6 Å². The monoisotopic (exact) mass is 379 g/mol. The minimum absolute atomic E-state index is 0.0916. The highest BCUT2D eigenvalue weighted by Crippen LogP contribution is 2.19. The molecule has 0 aliphatic carbocycles. The Hall–Kier alpha value is -2.81. The van der Waals surface area contributed by atoms with Crippen molar-refractivity contribution in [3.63, 3.8) is 0 Å². The third kappa shape index (κ3) is 3.88. The zero-order chi connectivity index (χ0) is 18.7. The maximum atomic E-state index is 13.7. The van der Waals surface area contributed by atoms with Gasteiger partial charge in [0.25, 0.3) is 15.9 Å². The minimum atomic E-state index is -3.86. The molecule has 1 aliphatic rings. The number of carbonyl (C=O) groups excluding carboxylic acids is 1. The Morgan fingerprint density at radius 3 is 2.42 bits per heavy atom. The van der Waals surface area contributed by atoms with E-state index in [0.717, 1.165) is 24.6 Å². The second kappa shape index (κ2) is 7.20. The first-order chi connectivity index (χ1) is 12.4. The third-order valence-electron chi connectivity index (χ3n) is 3.72. The zero-order valence-corrected chi connectivity index (χ0v) is 14.3. The molecule has 0 aromatic heterocycles. The Labute approximate surface area is 149 Å². The summed E-state index contributed by atoms with van der Waals surface area (Å²) in [6.07, 6.45) is 1.32. The highest BCUT2D eigenvalue weighted by molar-refractivity contribution is 7.90. The first-order valence-electron chi connectivity index (χ1n) is 7.78. The van der Waals surface area contributed by atoms with Crippen LogP contribution < -0.4 is 10.0 Å². The highest BCUT2D eigenvalue weighted by Gasteiger charge is 2.20. The summed E-state index contributed by atoms with van der Waals surface area (Å²) in [5.41, 5.74) is -0.645. The lowest BCUT2D eigenvalue weighted by Gasteiger charge is -2.10. The summed E-state index contributed by atoms with van der Waals surface area (Å²) in [6.45, 7) is 0.572. The number of carbonyl (C=O) groups is 1. The van der Waals surface area contributed by atoms with Gasteiger partial charge in [-0.3, -0.25) is 14.5 Å². The Kier molecular flexibility index (Phi) is 4.99. The van der Waals surface area contributed by atoms with E-state index in [2.05, 4.69) is 15.0 Å². The molecule has 2 aromatic carbocycles. The van der Waals surface area contributed by atoms with Gasteiger partial charge in [-0.2, -0.15) is 0 Å². The second-order valence-electron chi connectivity index (χ2n) is 5.62. The van der Waals surface area contributed by atoms with Crippen molar-refractivity contribution in [1.29, 1.82) is 0 Å². The van der Waals surface area contributed by atoms with Crippen molar-refractivity contribution in [2.24, 2.45) is 4.99 Å². The number of nitrogens with one attached hydrogen (secondary N) is 2. The molecular formula is C17H15F2N3O3S. The van der Waals surface area contributed by atoms with Gasteiger partial charge in [-0.05, 0) is 36.8 Å². The Balaban J connectivity index is 1.82. The number of hydrogen-bond donors (Lipinski definition) is 2. The molecule has 0 saturated carbocycles. The van der Waals surface area contributed by atoms with E-state index >= 15 is 0 Å². The standard InChI is InChI=1S/C17H15F2N3O3S/c18-13-6-2-7-14(19)16(13)17(23)21-11-4-1-5-12(10-11)26(24,25)22-15-8-3-9-20-15/h1-2,4-7,10H,3,8-9H2,(H,20,22)(H,21,23). The lowest BCUT2D eigenvalue weighted by Crippen LogP contribution is -2.29. The molecule has 0 unspecified atom stereocenters. The number of rotatable bonds is 4. The number of aliphatic imine (C=N–C) groups is 1. The quantitative estimate of drug-likeness (QED) is 0.856. The van der Waals surface area contributed by atoms with E-state index in [1.807, 2.05) is 0 Å². The van der Waals surface area contributed by atoms with Gasteiger partial charge in [-0.15, -0.1) is 0 Å². The van der Waals surface area contributed by atoms with E-state index < -0.39 is 33.1 Å². The van der Waals surface area contributed by atoms with Crippen LogP contribution in [0.15, 0.2) is 52.4 Å². The maximum absolute atomic E-state index is 13.7. The van der Waals surface area contributed by atoms with Crippen molar-refractivity contribution >= 4 is 27.5 Å². The van der Waals surface area contributed by atoms with Gasteiger partial charge in [0, 0.05) is 18.7 Å². The van der Waals surface area contributed by atoms with E-state index in [9.17, 15) is 22.0 Å². The predicted molar refractivity (Wildman–Crippen MR) is 92.6 cm³/mol.